The summed E-state index contributed by atoms with van der Waals surface area (Å²) in [5.41, 5.74) is 7.26. The van der Waals surface area contributed by atoms with E-state index in [4.69, 9.17) is 5.84 Å². The number of sulfonamides is 1. The first-order chi connectivity index (χ1) is 18.0. The quantitative estimate of drug-likeness (QED) is 0.255. The molecule has 10 heteroatoms. The van der Waals surface area contributed by atoms with Gasteiger partial charge in [0.25, 0.3) is 0 Å². The summed E-state index contributed by atoms with van der Waals surface area (Å²) in [4.78, 5) is 9.64. The van der Waals surface area contributed by atoms with E-state index in [0.717, 1.165) is 22.5 Å². The van der Waals surface area contributed by atoms with Crippen molar-refractivity contribution in [1.29, 1.82) is 5.26 Å². The Hall–Kier alpha value is -4.17. The minimum Gasteiger partial charge on any atom is -0.364 e. The summed E-state index contributed by atoms with van der Waals surface area (Å²) >= 11 is 0. The molecule has 0 amide bonds. The average molecular weight is 514 g/mol. The maximum Gasteiger partial charge on any atom is 0.243 e. The summed E-state index contributed by atoms with van der Waals surface area (Å²) in [7, 11) is -3.89. The molecule has 1 atom stereocenters. The number of imidazole rings is 1. The highest BCUT2D eigenvalue weighted by molar-refractivity contribution is 7.89. The number of aromatic nitrogens is 2. The molecule has 3 aromatic carbocycles. The number of nitrogens with two attached hydrogens (primary N) is 1. The summed E-state index contributed by atoms with van der Waals surface area (Å²) in [6, 6.07) is 23.6. The molecular weight excluding hydrogens is 486 g/mol. The van der Waals surface area contributed by atoms with Crippen LogP contribution in [0.15, 0.2) is 90.2 Å². The summed E-state index contributed by atoms with van der Waals surface area (Å²) in [5.74, 6) is 5.48. The highest BCUT2D eigenvalue weighted by atomic mass is 32.2. The van der Waals surface area contributed by atoms with Crippen molar-refractivity contribution in [3.63, 3.8) is 0 Å². The molecular formula is C27H27N7O2S. The second kappa shape index (κ2) is 10.4. The Bertz CT molecular complexity index is 1500. The third kappa shape index (κ3) is 5.20. The predicted octanol–water partition coefficient (Wildman–Crippen LogP) is 3.39. The molecule has 0 saturated carbocycles. The second-order valence-corrected chi connectivity index (χ2v) is 10.9. The van der Waals surface area contributed by atoms with Gasteiger partial charge in [0, 0.05) is 36.7 Å². The van der Waals surface area contributed by atoms with E-state index >= 15 is 0 Å². The normalized spacial score (nSPS) is 16.0. The van der Waals surface area contributed by atoms with E-state index in [1.807, 2.05) is 36.4 Å². The Balaban J connectivity index is 1.61. The highest BCUT2D eigenvalue weighted by Gasteiger charge is 2.36. The van der Waals surface area contributed by atoms with Gasteiger partial charge in [0.05, 0.1) is 35.1 Å². The number of nitrogen functional groups attached to an aromatic ring is 1. The van der Waals surface area contributed by atoms with Crippen LogP contribution in [0.1, 0.15) is 22.4 Å². The van der Waals surface area contributed by atoms with Crippen molar-refractivity contribution in [3.8, 4) is 6.07 Å². The lowest BCUT2D eigenvalue weighted by Crippen LogP contribution is -2.45. The van der Waals surface area contributed by atoms with Crippen LogP contribution >= 0.6 is 0 Å². The van der Waals surface area contributed by atoms with Gasteiger partial charge in [0.15, 0.2) is 0 Å². The van der Waals surface area contributed by atoms with Crippen molar-refractivity contribution >= 4 is 21.4 Å². The van der Waals surface area contributed by atoms with Gasteiger partial charge in [-0.05, 0) is 60.0 Å². The SMILES string of the molecule is N#Cc1ccc2c(c1)CN(S(=O)(=O)c1ccc(NN)cc1)[C@H](Cc1ccccc1)CN2Cc1cnc[nH]1. The first kappa shape index (κ1) is 24.5. The van der Waals surface area contributed by atoms with E-state index in [1.54, 1.807) is 53.2 Å². The van der Waals surface area contributed by atoms with Gasteiger partial charge in [-0.1, -0.05) is 30.3 Å². The molecule has 0 aliphatic carbocycles. The lowest BCUT2D eigenvalue weighted by atomic mass is 10.1. The van der Waals surface area contributed by atoms with Crippen molar-refractivity contribution in [2.24, 2.45) is 5.84 Å². The predicted molar refractivity (Wildman–Crippen MR) is 142 cm³/mol. The molecule has 0 fully saturated rings. The van der Waals surface area contributed by atoms with E-state index in [0.29, 0.717) is 30.8 Å². The summed E-state index contributed by atoms with van der Waals surface area (Å²) in [6.45, 7) is 1.12. The van der Waals surface area contributed by atoms with Crippen LogP contribution in [0.2, 0.25) is 0 Å². The molecule has 0 spiro atoms. The van der Waals surface area contributed by atoms with E-state index in [9.17, 15) is 13.7 Å². The Morgan fingerprint density at radius 1 is 1.11 bits per heavy atom. The maximum atomic E-state index is 14.1. The van der Waals surface area contributed by atoms with Crippen molar-refractivity contribution in [1.82, 2.24) is 14.3 Å². The van der Waals surface area contributed by atoms with Crippen LogP contribution in [0.5, 0.6) is 0 Å². The monoisotopic (exact) mass is 513 g/mol. The number of anilines is 2. The largest absolute Gasteiger partial charge is 0.364 e. The van der Waals surface area contributed by atoms with Gasteiger partial charge in [-0.25, -0.2) is 13.4 Å². The number of hydrazine groups is 1. The van der Waals surface area contributed by atoms with Crippen LogP contribution in [0, 0.1) is 11.3 Å². The Labute approximate surface area is 216 Å². The summed E-state index contributed by atoms with van der Waals surface area (Å²) in [5, 5.41) is 9.56. The molecule has 4 N–H and O–H groups in total. The number of benzene rings is 3. The smallest absolute Gasteiger partial charge is 0.243 e. The standard InChI is InChI=1S/C27H27N7O2S/c28-14-21-6-11-27-22(12-21)16-34(37(35,36)26-9-7-23(32-29)8-10-26)25(13-20-4-2-1-3-5-20)18-33(27)17-24-15-30-19-31-24/h1-12,15,19,25,32H,13,16-18,29H2,(H,30,31)/t25-/m1/s1. The van der Waals surface area contributed by atoms with Gasteiger partial charge >= 0.3 is 0 Å². The van der Waals surface area contributed by atoms with Crippen LogP contribution in [0.3, 0.4) is 0 Å². The number of H-pyrrole nitrogens is 1. The molecule has 188 valence electrons. The number of hydrogen-bond donors (Lipinski definition) is 3. The fourth-order valence-corrected chi connectivity index (χ4v) is 6.34. The summed E-state index contributed by atoms with van der Waals surface area (Å²) < 4.78 is 29.8. The van der Waals surface area contributed by atoms with Gasteiger partial charge in [-0.2, -0.15) is 9.57 Å². The first-order valence-electron chi connectivity index (χ1n) is 11.9. The molecule has 4 aromatic rings. The van der Waals surface area contributed by atoms with E-state index in [-0.39, 0.29) is 17.5 Å². The maximum absolute atomic E-state index is 14.1. The number of nitrogens with one attached hydrogen (secondary N) is 2. The fourth-order valence-electron chi connectivity index (χ4n) is 4.75. The molecule has 0 saturated heterocycles. The van der Waals surface area contributed by atoms with Crippen LogP contribution in [-0.2, 0) is 29.5 Å². The van der Waals surface area contributed by atoms with Crippen molar-refractivity contribution in [3.05, 3.63) is 108 Å². The Morgan fingerprint density at radius 2 is 1.89 bits per heavy atom. The number of fused-ring (bicyclic) bond motifs is 1. The minimum absolute atomic E-state index is 0.140. The molecule has 0 radical (unpaired) electrons. The van der Waals surface area contributed by atoms with Crippen LogP contribution in [0.4, 0.5) is 11.4 Å². The molecule has 1 aliphatic rings. The molecule has 37 heavy (non-hydrogen) atoms. The third-order valence-electron chi connectivity index (χ3n) is 6.57. The number of rotatable bonds is 7. The van der Waals surface area contributed by atoms with Gasteiger partial charge in [-0.3, -0.25) is 5.84 Å². The average Bonchev–Trinajstić information content (AvgIpc) is 3.39. The van der Waals surface area contributed by atoms with E-state index in [2.05, 4.69) is 26.4 Å². The summed E-state index contributed by atoms with van der Waals surface area (Å²) in [6.07, 6.45) is 3.92. The van der Waals surface area contributed by atoms with Crippen LogP contribution in [0.25, 0.3) is 0 Å². The zero-order chi connectivity index (χ0) is 25.8. The van der Waals surface area contributed by atoms with Gasteiger partial charge in [0.1, 0.15) is 0 Å². The minimum atomic E-state index is -3.89. The number of nitriles is 1. The zero-order valence-corrected chi connectivity index (χ0v) is 20.9. The molecule has 1 aliphatic heterocycles. The topological polar surface area (TPSA) is 131 Å². The zero-order valence-electron chi connectivity index (χ0n) is 20.1. The van der Waals surface area contributed by atoms with Crippen molar-refractivity contribution in [2.75, 3.05) is 16.9 Å². The molecule has 0 bridgehead atoms. The van der Waals surface area contributed by atoms with Crippen molar-refractivity contribution in [2.45, 2.75) is 30.4 Å². The third-order valence-corrected chi connectivity index (χ3v) is 8.48. The molecule has 2 heterocycles. The first-order valence-corrected chi connectivity index (χ1v) is 13.3. The number of nitrogens with zero attached hydrogens (tertiary/aromatic N) is 4. The molecule has 5 rings (SSSR count). The lowest BCUT2D eigenvalue weighted by Gasteiger charge is -2.32. The van der Waals surface area contributed by atoms with E-state index in [1.165, 1.54) is 0 Å². The Morgan fingerprint density at radius 3 is 2.57 bits per heavy atom. The molecule has 9 nitrogen and oxygen atoms in total. The van der Waals surface area contributed by atoms with Gasteiger partial charge in [-0.15, -0.1) is 0 Å². The fraction of sp³-hybridized carbons (Fsp3) is 0.185. The number of aromatic amines is 1. The Kier molecular flexibility index (Phi) is 6.92. The highest BCUT2D eigenvalue weighted by Crippen LogP contribution is 2.34. The molecule has 1 aromatic heterocycles. The van der Waals surface area contributed by atoms with Crippen molar-refractivity contribution < 1.29 is 8.42 Å². The number of hydrogen-bond acceptors (Lipinski definition) is 7. The second-order valence-electron chi connectivity index (χ2n) is 8.98. The van der Waals surface area contributed by atoms with Gasteiger partial charge in [0.2, 0.25) is 10.0 Å². The lowest BCUT2D eigenvalue weighted by molar-refractivity contribution is 0.318. The van der Waals surface area contributed by atoms with Crippen LogP contribution in [-0.4, -0.2) is 35.3 Å². The van der Waals surface area contributed by atoms with E-state index < -0.39 is 10.0 Å². The molecule has 0 unspecified atom stereocenters. The van der Waals surface area contributed by atoms with Crippen LogP contribution < -0.4 is 16.2 Å². The van der Waals surface area contributed by atoms with Gasteiger partial charge < -0.3 is 15.3 Å².